The summed E-state index contributed by atoms with van der Waals surface area (Å²) in [6.07, 6.45) is 0. The summed E-state index contributed by atoms with van der Waals surface area (Å²) in [5.74, 6) is 2.78. The maximum Gasteiger partial charge on any atom is 0.252 e. The highest BCUT2D eigenvalue weighted by Crippen LogP contribution is 2.31. The molecule has 0 aliphatic heterocycles. The van der Waals surface area contributed by atoms with E-state index in [9.17, 15) is 4.79 Å². The van der Waals surface area contributed by atoms with Crippen molar-refractivity contribution in [3.63, 3.8) is 0 Å². The van der Waals surface area contributed by atoms with E-state index in [1.54, 1.807) is 39.5 Å². The van der Waals surface area contributed by atoms with Gasteiger partial charge in [0.25, 0.3) is 5.91 Å². The molecule has 0 saturated carbocycles. The van der Waals surface area contributed by atoms with E-state index in [4.69, 9.17) is 25.8 Å². The number of carbonyl (C=O) groups is 1. The minimum Gasteiger partial charge on any atom is -0.497 e. The molecule has 198 valence electrons. The molecule has 10 heteroatoms. The predicted molar refractivity (Wildman–Crippen MR) is 149 cm³/mol. The van der Waals surface area contributed by atoms with Crippen LogP contribution in [-0.4, -0.2) is 42.0 Å². The molecule has 1 atom stereocenters. The standard InChI is InChI=1S/C28H29ClN4O4S/c1-17-9-10-21(29)14-25(17)33-26(31-32-28(33)38-16-19-7-6-8-22(11-19)35-3)18(2)30-27(34)20-12-23(36-4)15-24(13-20)37-5/h6-15,18H,16H2,1-5H3,(H,30,34). The quantitative estimate of drug-likeness (QED) is 0.240. The van der Waals surface area contributed by atoms with Gasteiger partial charge in [-0.15, -0.1) is 10.2 Å². The summed E-state index contributed by atoms with van der Waals surface area (Å²) in [6.45, 7) is 3.87. The number of thioether (sulfide) groups is 1. The molecule has 0 spiro atoms. The van der Waals surface area contributed by atoms with Gasteiger partial charge in [0.1, 0.15) is 17.2 Å². The van der Waals surface area contributed by atoms with Gasteiger partial charge in [-0.1, -0.05) is 41.6 Å². The lowest BCUT2D eigenvalue weighted by atomic mass is 10.1. The van der Waals surface area contributed by atoms with Gasteiger partial charge < -0.3 is 19.5 Å². The number of aromatic nitrogens is 3. The first-order valence-electron chi connectivity index (χ1n) is 11.8. The second kappa shape index (κ2) is 12.2. The molecule has 0 bridgehead atoms. The second-order valence-electron chi connectivity index (χ2n) is 8.54. The lowest BCUT2D eigenvalue weighted by molar-refractivity contribution is 0.0937. The first kappa shape index (κ1) is 27.3. The number of rotatable bonds is 10. The summed E-state index contributed by atoms with van der Waals surface area (Å²) in [5, 5.41) is 13.3. The van der Waals surface area contributed by atoms with Crippen molar-refractivity contribution in [1.82, 2.24) is 20.1 Å². The van der Waals surface area contributed by atoms with Crippen LogP contribution in [0.1, 0.15) is 40.3 Å². The molecule has 0 aliphatic rings. The number of nitrogens with zero attached hydrogens (tertiary/aromatic N) is 3. The fourth-order valence-electron chi connectivity index (χ4n) is 3.90. The molecule has 3 aromatic carbocycles. The van der Waals surface area contributed by atoms with Crippen LogP contribution in [0.2, 0.25) is 5.02 Å². The van der Waals surface area contributed by atoms with Crippen LogP contribution in [0.3, 0.4) is 0 Å². The molecule has 4 rings (SSSR count). The van der Waals surface area contributed by atoms with Crippen molar-refractivity contribution in [3.8, 4) is 22.9 Å². The topological polar surface area (TPSA) is 87.5 Å². The summed E-state index contributed by atoms with van der Waals surface area (Å²) in [4.78, 5) is 13.2. The molecule has 1 aromatic heterocycles. The van der Waals surface area contributed by atoms with E-state index in [1.165, 1.54) is 11.8 Å². The summed E-state index contributed by atoms with van der Waals surface area (Å²) >= 11 is 7.91. The number of aryl methyl sites for hydroxylation is 1. The summed E-state index contributed by atoms with van der Waals surface area (Å²) in [5.41, 5.74) is 3.33. The Morgan fingerprint density at radius 3 is 2.37 bits per heavy atom. The average Bonchev–Trinajstić information content (AvgIpc) is 3.36. The van der Waals surface area contributed by atoms with Crippen LogP contribution in [0, 0.1) is 6.92 Å². The molecule has 38 heavy (non-hydrogen) atoms. The van der Waals surface area contributed by atoms with E-state index in [-0.39, 0.29) is 5.91 Å². The maximum absolute atomic E-state index is 13.2. The fourth-order valence-corrected chi connectivity index (χ4v) is 4.96. The Kier molecular flexibility index (Phi) is 8.81. The van der Waals surface area contributed by atoms with E-state index < -0.39 is 6.04 Å². The molecule has 0 aliphatic carbocycles. The number of methoxy groups -OCH3 is 3. The van der Waals surface area contributed by atoms with Crippen LogP contribution in [0.25, 0.3) is 5.69 Å². The largest absolute Gasteiger partial charge is 0.497 e. The molecular formula is C28H29ClN4O4S. The third kappa shape index (κ3) is 6.23. The van der Waals surface area contributed by atoms with Gasteiger partial charge in [0, 0.05) is 22.4 Å². The third-order valence-corrected chi connectivity index (χ3v) is 7.16. The molecule has 0 fully saturated rings. The normalized spacial score (nSPS) is 11.6. The highest BCUT2D eigenvalue weighted by Gasteiger charge is 2.23. The van der Waals surface area contributed by atoms with Crippen molar-refractivity contribution in [2.75, 3.05) is 21.3 Å². The number of ether oxygens (including phenoxy) is 3. The molecule has 8 nitrogen and oxygen atoms in total. The number of carbonyl (C=O) groups excluding carboxylic acids is 1. The molecule has 0 radical (unpaired) electrons. The molecule has 1 unspecified atom stereocenters. The smallest absolute Gasteiger partial charge is 0.252 e. The van der Waals surface area contributed by atoms with Crippen LogP contribution < -0.4 is 19.5 Å². The van der Waals surface area contributed by atoms with Crippen molar-refractivity contribution < 1.29 is 19.0 Å². The third-order valence-electron chi connectivity index (χ3n) is 5.92. The number of amides is 1. The zero-order chi connectivity index (χ0) is 27.2. The van der Waals surface area contributed by atoms with Gasteiger partial charge in [0.2, 0.25) is 0 Å². The zero-order valence-corrected chi connectivity index (χ0v) is 23.4. The monoisotopic (exact) mass is 552 g/mol. The Balaban J connectivity index is 1.66. The number of benzene rings is 3. The van der Waals surface area contributed by atoms with Crippen LogP contribution >= 0.6 is 23.4 Å². The summed E-state index contributed by atoms with van der Waals surface area (Å²) in [6, 6.07) is 18.1. The highest BCUT2D eigenvalue weighted by atomic mass is 35.5. The first-order chi connectivity index (χ1) is 18.3. The second-order valence-corrected chi connectivity index (χ2v) is 9.92. The summed E-state index contributed by atoms with van der Waals surface area (Å²) < 4.78 is 17.9. The fraction of sp³-hybridized carbons (Fsp3) is 0.250. The van der Waals surface area contributed by atoms with Crippen LogP contribution in [0.15, 0.2) is 65.8 Å². The minimum atomic E-state index is -0.475. The number of hydrogen-bond acceptors (Lipinski definition) is 7. The van der Waals surface area contributed by atoms with Gasteiger partial charge in [0.05, 0.1) is 33.1 Å². The van der Waals surface area contributed by atoms with Gasteiger partial charge in [0.15, 0.2) is 11.0 Å². The molecule has 1 N–H and O–H groups in total. The minimum absolute atomic E-state index is 0.294. The van der Waals surface area contributed by atoms with Crippen molar-refractivity contribution in [1.29, 1.82) is 0 Å². The van der Waals surface area contributed by atoms with Gasteiger partial charge in [-0.2, -0.15) is 0 Å². The lowest BCUT2D eigenvalue weighted by Gasteiger charge is -2.18. The molecular weight excluding hydrogens is 524 g/mol. The van der Waals surface area contributed by atoms with Crippen LogP contribution in [0.5, 0.6) is 17.2 Å². The van der Waals surface area contributed by atoms with Crippen molar-refractivity contribution in [3.05, 3.63) is 88.2 Å². The molecule has 1 heterocycles. The van der Waals surface area contributed by atoms with E-state index in [0.29, 0.717) is 38.8 Å². The molecule has 0 saturated heterocycles. The highest BCUT2D eigenvalue weighted by molar-refractivity contribution is 7.98. The van der Waals surface area contributed by atoms with E-state index in [1.807, 2.05) is 60.9 Å². The van der Waals surface area contributed by atoms with Gasteiger partial charge in [-0.05, 0) is 61.4 Å². The van der Waals surface area contributed by atoms with Crippen molar-refractivity contribution >= 4 is 29.3 Å². The Morgan fingerprint density at radius 2 is 1.68 bits per heavy atom. The Bertz CT molecular complexity index is 1420. The number of hydrogen-bond donors (Lipinski definition) is 1. The average molecular weight is 553 g/mol. The van der Waals surface area contributed by atoms with Crippen molar-refractivity contribution in [2.45, 2.75) is 30.8 Å². The SMILES string of the molecule is COc1cccc(CSc2nnc(C(C)NC(=O)c3cc(OC)cc(OC)c3)n2-c2cc(Cl)ccc2C)c1. The van der Waals surface area contributed by atoms with Crippen LogP contribution in [-0.2, 0) is 5.75 Å². The Morgan fingerprint density at radius 1 is 0.974 bits per heavy atom. The molecule has 1 amide bonds. The zero-order valence-electron chi connectivity index (χ0n) is 21.8. The van der Waals surface area contributed by atoms with E-state index in [2.05, 4.69) is 15.5 Å². The van der Waals surface area contributed by atoms with Gasteiger partial charge in [-0.3, -0.25) is 9.36 Å². The van der Waals surface area contributed by atoms with E-state index >= 15 is 0 Å². The van der Waals surface area contributed by atoms with E-state index in [0.717, 1.165) is 22.6 Å². The maximum atomic E-state index is 13.2. The lowest BCUT2D eigenvalue weighted by Crippen LogP contribution is -2.28. The molecule has 4 aromatic rings. The van der Waals surface area contributed by atoms with Crippen LogP contribution in [0.4, 0.5) is 0 Å². The first-order valence-corrected chi connectivity index (χ1v) is 13.2. The summed E-state index contributed by atoms with van der Waals surface area (Å²) in [7, 11) is 4.73. The number of nitrogens with one attached hydrogen (secondary N) is 1. The Hall–Kier alpha value is -3.69. The van der Waals surface area contributed by atoms with Gasteiger partial charge in [-0.25, -0.2) is 0 Å². The Labute approximate surface area is 231 Å². The number of halogens is 1. The van der Waals surface area contributed by atoms with Gasteiger partial charge >= 0.3 is 0 Å². The van der Waals surface area contributed by atoms with Crippen molar-refractivity contribution in [2.24, 2.45) is 0 Å². The predicted octanol–water partition coefficient (Wildman–Crippen LogP) is 6.04.